The lowest BCUT2D eigenvalue weighted by molar-refractivity contribution is 0.284. The van der Waals surface area contributed by atoms with Crippen molar-refractivity contribution in [2.24, 2.45) is 16.1 Å². The minimum atomic E-state index is -3.99. The van der Waals surface area contributed by atoms with E-state index in [9.17, 15) is 8.42 Å². The molecule has 6 nitrogen and oxygen atoms in total. The molecule has 0 aromatic heterocycles. The molecule has 186 valence electrons. The van der Waals surface area contributed by atoms with Crippen molar-refractivity contribution < 1.29 is 17.7 Å². The molecule has 3 N–H and O–H groups in total. The molecule has 7 heteroatoms. The molecule has 0 spiro atoms. The largest absolute Gasteiger partial charge is 0.458 e. The zero-order chi connectivity index (χ0) is 25.6. The summed E-state index contributed by atoms with van der Waals surface area (Å²) in [5.41, 5.74) is 11.7. The SMILES string of the molecule is CCc1cc(CCCS(=O)(=O)O)cc2c1C(=CC=CC=Nc1ccccc1)C(N)=C(C(C)(C)C)O2. The van der Waals surface area contributed by atoms with Crippen LogP contribution in [-0.4, -0.2) is 24.9 Å². The van der Waals surface area contributed by atoms with Crippen molar-refractivity contribution in [1.82, 2.24) is 0 Å². The van der Waals surface area contributed by atoms with Crippen molar-refractivity contribution in [3.63, 3.8) is 0 Å². The molecule has 0 unspecified atom stereocenters. The third kappa shape index (κ3) is 7.16. The van der Waals surface area contributed by atoms with E-state index in [-0.39, 0.29) is 11.2 Å². The summed E-state index contributed by atoms with van der Waals surface area (Å²) in [5, 5.41) is 0. The van der Waals surface area contributed by atoms with Gasteiger partial charge in [-0.05, 0) is 54.7 Å². The molecule has 1 aliphatic rings. The van der Waals surface area contributed by atoms with E-state index in [0.29, 0.717) is 30.0 Å². The van der Waals surface area contributed by atoms with Crippen LogP contribution in [0.2, 0.25) is 0 Å². The Morgan fingerprint density at radius 1 is 1.11 bits per heavy atom. The molecule has 1 heterocycles. The van der Waals surface area contributed by atoms with Gasteiger partial charge >= 0.3 is 0 Å². The first-order valence-corrected chi connectivity index (χ1v) is 13.4. The molecule has 0 fully saturated rings. The number of aliphatic imine (C=N–C) groups is 1. The third-order valence-corrected chi connectivity index (χ3v) is 6.43. The molecule has 2 aromatic carbocycles. The summed E-state index contributed by atoms with van der Waals surface area (Å²) >= 11 is 0. The summed E-state index contributed by atoms with van der Waals surface area (Å²) in [4.78, 5) is 4.43. The first-order chi connectivity index (χ1) is 16.5. The van der Waals surface area contributed by atoms with Gasteiger partial charge in [0.25, 0.3) is 10.1 Å². The number of nitrogens with zero attached hydrogens (tertiary/aromatic N) is 1. The molecular formula is C28H34N2O4S. The number of aryl methyl sites for hydroxylation is 2. The third-order valence-electron chi connectivity index (χ3n) is 5.63. The summed E-state index contributed by atoms with van der Waals surface area (Å²) < 4.78 is 37.7. The summed E-state index contributed by atoms with van der Waals surface area (Å²) in [6, 6.07) is 13.7. The number of benzene rings is 2. The highest BCUT2D eigenvalue weighted by atomic mass is 32.2. The maximum absolute atomic E-state index is 11.1. The van der Waals surface area contributed by atoms with Gasteiger partial charge < -0.3 is 10.5 Å². The Bertz CT molecular complexity index is 1280. The zero-order valence-electron chi connectivity index (χ0n) is 20.8. The maximum Gasteiger partial charge on any atom is 0.264 e. The summed E-state index contributed by atoms with van der Waals surface area (Å²) in [7, 11) is -3.99. The van der Waals surface area contributed by atoms with Crippen LogP contribution in [0.15, 0.2) is 77.1 Å². The average molecular weight is 495 g/mol. The first kappa shape index (κ1) is 26.4. The van der Waals surface area contributed by atoms with Gasteiger partial charge in [0, 0.05) is 22.8 Å². The van der Waals surface area contributed by atoms with Gasteiger partial charge in [-0.1, -0.05) is 64.1 Å². The van der Waals surface area contributed by atoms with Gasteiger partial charge in [0.1, 0.15) is 11.5 Å². The van der Waals surface area contributed by atoms with Crippen molar-refractivity contribution in [3.05, 3.63) is 88.8 Å². The molecular weight excluding hydrogens is 460 g/mol. The second-order valence-electron chi connectivity index (χ2n) is 9.55. The van der Waals surface area contributed by atoms with E-state index in [1.54, 1.807) is 6.21 Å². The van der Waals surface area contributed by atoms with E-state index < -0.39 is 10.1 Å². The topological polar surface area (TPSA) is 102 Å². The number of hydrogen-bond acceptors (Lipinski definition) is 5. The molecule has 1 aliphatic heterocycles. The van der Waals surface area contributed by atoms with Crippen molar-refractivity contribution in [2.45, 2.75) is 47.0 Å². The second kappa shape index (κ2) is 11.1. The minimum Gasteiger partial charge on any atom is -0.458 e. The fraction of sp³-hybridized carbons (Fsp3) is 0.321. The number of ether oxygens (including phenoxy) is 1. The molecule has 0 radical (unpaired) electrons. The smallest absolute Gasteiger partial charge is 0.264 e. The minimum absolute atomic E-state index is 0.271. The molecule has 0 amide bonds. The molecule has 2 aromatic rings. The van der Waals surface area contributed by atoms with E-state index in [2.05, 4.69) is 38.8 Å². The summed E-state index contributed by atoms with van der Waals surface area (Å²) in [6.07, 6.45) is 9.12. The Morgan fingerprint density at radius 3 is 2.46 bits per heavy atom. The maximum atomic E-state index is 11.1. The van der Waals surface area contributed by atoms with E-state index in [4.69, 9.17) is 15.0 Å². The van der Waals surface area contributed by atoms with Gasteiger partial charge in [0.2, 0.25) is 0 Å². The highest BCUT2D eigenvalue weighted by molar-refractivity contribution is 7.85. The van der Waals surface area contributed by atoms with Crippen molar-refractivity contribution in [3.8, 4) is 5.75 Å². The van der Waals surface area contributed by atoms with Crippen LogP contribution in [0, 0.1) is 5.41 Å². The molecule has 0 saturated carbocycles. The predicted octanol–water partition coefficient (Wildman–Crippen LogP) is 6.02. The van der Waals surface area contributed by atoms with Crippen LogP contribution in [0.4, 0.5) is 5.69 Å². The number of nitrogens with two attached hydrogens (primary N) is 1. The number of fused-ring (bicyclic) bond motifs is 1. The number of hydrogen-bond donors (Lipinski definition) is 2. The van der Waals surface area contributed by atoms with E-state index in [1.165, 1.54) is 0 Å². The van der Waals surface area contributed by atoms with E-state index >= 15 is 0 Å². The zero-order valence-corrected chi connectivity index (χ0v) is 21.6. The normalized spacial score (nSPS) is 15.7. The number of para-hydroxylation sites is 1. The Hall–Kier alpha value is -3.16. The van der Waals surface area contributed by atoms with Crippen LogP contribution >= 0.6 is 0 Å². The highest BCUT2D eigenvalue weighted by Gasteiger charge is 2.31. The molecule has 3 rings (SSSR count). The van der Waals surface area contributed by atoms with Crippen LogP contribution in [0.25, 0.3) is 5.57 Å². The molecule has 0 bridgehead atoms. The van der Waals surface area contributed by atoms with Gasteiger partial charge in [-0.25, -0.2) is 0 Å². The molecule has 0 aliphatic carbocycles. The Kier molecular flexibility index (Phi) is 8.35. The first-order valence-electron chi connectivity index (χ1n) is 11.8. The second-order valence-corrected chi connectivity index (χ2v) is 11.1. The van der Waals surface area contributed by atoms with E-state index in [0.717, 1.165) is 34.4 Å². The van der Waals surface area contributed by atoms with Crippen LogP contribution in [-0.2, 0) is 23.0 Å². The molecule has 35 heavy (non-hydrogen) atoms. The molecule has 0 saturated heterocycles. The number of rotatable bonds is 8. The van der Waals surface area contributed by atoms with Crippen LogP contribution < -0.4 is 10.5 Å². The van der Waals surface area contributed by atoms with Crippen LogP contribution in [0.3, 0.4) is 0 Å². The standard InChI is InChI=1S/C28H34N2O4S/c1-5-21-18-20(12-11-17-35(31,32)33)19-24-25(21)23(26(29)27(34-24)28(2,3)4)15-9-10-16-30-22-13-7-6-8-14-22/h6-10,13-16,18-19H,5,11-12,17,29H2,1-4H3,(H,31,32,33). The fourth-order valence-electron chi connectivity index (χ4n) is 4.00. The van der Waals surface area contributed by atoms with Gasteiger partial charge in [-0.15, -0.1) is 0 Å². The lowest BCUT2D eigenvalue weighted by Crippen LogP contribution is -2.25. The molecule has 0 atom stereocenters. The summed E-state index contributed by atoms with van der Waals surface area (Å²) in [6.45, 7) is 8.22. The van der Waals surface area contributed by atoms with Crippen molar-refractivity contribution in [1.29, 1.82) is 0 Å². The Labute approximate surface area is 208 Å². The number of allylic oxidation sites excluding steroid dienone is 5. The van der Waals surface area contributed by atoms with Crippen LogP contribution in [0.5, 0.6) is 5.75 Å². The van der Waals surface area contributed by atoms with Gasteiger partial charge in [-0.3, -0.25) is 9.55 Å². The summed E-state index contributed by atoms with van der Waals surface area (Å²) in [5.74, 6) is 1.13. The lowest BCUT2D eigenvalue weighted by Gasteiger charge is -2.32. The average Bonchev–Trinajstić information content (AvgIpc) is 2.78. The lowest BCUT2D eigenvalue weighted by atomic mass is 9.84. The monoisotopic (exact) mass is 494 g/mol. The van der Waals surface area contributed by atoms with Crippen molar-refractivity contribution >= 4 is 27.6 Å². The van der Waals surface area contributed by atoms with Crippen LogP contribution in [0.1, 0.15) is 50.8 Å². The Morgan fingerprint density at radius 2 is 1.83 bits per heavy atom. The quantitative estimate of drug-likeness (QED) is 0.345. The Balaban J connectivity index is 1.99. The van der Waals surface area contributed by atoms with E-state index in [1.807, 2.05) is 54.6 Å². The predicted molar refractivity (Wildman–Crippen MR) is 144 cm³/mol. The highest BCUT2D eigenvalue weighted by Crippen LogP contribution is 2.44. The van der Waals surface area contributed by atoms with Crippen molar-refractivity contribution in [2.75, 3.05) is 5.75 Å². The van der Waals surface area contributed by atoms with Gasteiger partial charge in [0.05, 0.1) is 17.1 Å². The fourth-order valence-corrected chi connectivity index (χ4v) is 4.51. The van der Waals surface area contributed by atoms with Gasteiger partial charge in [-0.2, -0.15) is 8.42 Å². The van der Waals surface area contributed by atoms with Gasteiger partial charge in [0.15, 0.2) is 0 Å².